The average Bonchev–Trinajstić information content (AvgIpc) is 3.35. The first-order valence-corrected chi connectivity index (χ1v) is 9.82. The Hall–Kier alpha value is -1.39. The first-order valence-electron chi connectivity index (χ1n) is 9.82. The fourth-order valence-electron chi connectivity index (χ4n) is 4.85. The molecule has 0 radical (unpaired) electrons. The number of rotatable bonds is 5. The second-order valence-corrected chi connectivity index (χ2v) is 8.67. The fourth-order valence-corrected chi connectivity index (χ4v) is 4.85. The summed E-state index contributed by atoms with van der Waals surface area (Å²) in [5.41, 5.74) is 3.12. The molecule has 1 unspecified atom stereocenters. The minimum Gasteiger partial charge on any atom is -0.348 e. The van der Waals surface area contributed by atoms with E-state index in [9.17, 15) is 4.79 Å². The number of benzene rings is 1. The molecule has 136 valence electrons. The zero-order valence-corrected chi connectivity index (χ0v) is 15.6. The highest BCUT2D eigenvalue weighted by molar-refractivity contribution is 5.78. The van der Waals surface area contributed by atoms with Crippen molar-refractivity contribution in [3.05, 3.63) is 35.4 Å². The molecule has 0 bridgehead atoms. The van der Waals surface area contributed by atoms with Crippen molar-refractivity contribution in [3.8, 4) is 0 Å². The van der Waals surface area contributed by atoms with E-state index in [4.69, 9.17) is 0 Å². The number of likely N-dealkylation sites (N-methyl/N-ethyl adjacent to an activating group) is 1. The second-order valence-electron chi connectivity index (χ2n) is 8.67. The molecule has 1 atom stereocenters. The molecule has 3 aliphatic rings. The van der Waals surface area contributed by atoms with Gasteiger partial charge in [-0.05, 0) is 76.3 Å². The topological polar surface area (TPSA) is 35.6 Å². The first kappa shape index (κ1) is 17.0. The molecule has 1 saturated carbocycles. The molecule has 1 N–H and O–H groups in total. The van der Waals surface area contributed by atoms with Gasteiger partial charge >= 0.3 is 0 Å². The zero-order chi connectivity index (χ0) is 17.4. The van der Waals surface area contributed by atoms with E-state index in [0.29, 0.717) is 6.54 Å². The van der Waals surface area contributed by atoms with Gasteiger partial charge in [-0.3, -0.25) is 4.79 Å². The fraction of sp³-hybridized carbons (Fsp3) is 0.667. The normalized spacial score (nSPS) is 25.3. The lowest BCUT2D eigenvalue weighted by Gasteiger charge is -2.40. The van der Waals surface area contributed by atoms with Crippen LogP contribution in [0.15, 0.2) is 24.3 Å². The number of likely N-dealkylation sites (tertiary alicyclic amines) is 1. The van der Waals surface area contributed by atoms with Crippen molar-refractivity contribution in [1.82, 2.24) is 15.1 Å². The molecule has 1 spiro atoms. The molecule has 1 aromatic carbocycles. The van der Waals surface area contributed by atoms with E-state index in [-0.39, 0.29) is 17.4 Å². The molecule has 4 heteroatoms. The van der Waals surface area contributed by atoms with E-state index < -0.39 is 0 Å². The van der Waals surface area contributed by atoms with Gasteiger partial charge in [0.15, 0.2) is 0 Å². The Morgan fingerprint density at radius 3 is 2.64 bits per heavy atom. The SMILES string of the molecule is CN(C)CC(=O)NC1CC2(CCN(CC3CC3)CC2)c2ccccc21. The van der Waals surface area contributed by atoms with Crippen LogP contribution in [0.1, 0.15) is 49.3 Å². The van der Waals surface area contributed by atoms with Crippen LogP contribution in [-0.2, 0) is 10.2 Å². The Balaban J connectivity index is 1.47. The van der Waals surface area contributed by atoms with Gasteiger partial charge < -0.3 is 15.1 Å². The van der Waals surface area contributed by atoms with Gasteiger partial charge in [0, 0.05) is 12.0 Å². The van der Waals surface area contributed by atoms with E-state index >= 15 is 0 Å². The number of hydrogen-bond donors (Lipinski definition) is 1. The smallest absolute Gasteiger partial charge is 0.234 e. The molecule has 1 heterocycles. The van der Waals surface area contributed by atoms with Crippen molar-refractivity contribution in [2.45, 2.75) is 43.6 Å². The third kappa shape index (κ3) is 3.61. The van der Waals surface area contributed by atoms with Gasteiger partial charge in [0.2, 0.25) is 5.91 Å². The molecular formula is C21H31N3O. The lowest BCUT2D eigenvalue weighted by Crippen LogP contribution is -2.43. The maximum atomic E-state index is 12.3. The Labute approximate surface area is 151 Å². The van der Waals surface area contributed by atoms with Crippen molar-refractivity contribution in [1.29, 1.82) is 0 Å². The van der Waals surface area contributed by atoms with E-state index in [1.807, 2.05) is 19.0 Å². The molecule has 1 amide bonds. The van der Waals surface area contributed by atoms with Crippen molar-refractivity contribution in [2.75, 3.05) is 40.3 Å². The van der Waals surface area contributed by atoms with Gasteiger partial charge in [-0.25, -0.2) is 0 Å². The van der Waals surface area contributed by atoms with Crippen LogP contribution >= 0.6 is 0 Å². The number of hydrogen-bond acceptors (Lipinski definition) is 3. The van der Waals surface area contributed by atoms with Gasteiger partial charge in [-0.1, -0.05) is 24.3 Å². The van der Waals surface area contributed by atoms with Gasteiger partial charge in [-0.2, -0.15) is 0 Å². The Morgan fingerprint density at radius 2 is 1.96 bits per heavy atom. The van der Waals surface area contributed by atoms with Crippen LogP contribution in [0.25, 0.3) is 0 Å². The lowest BCUT2D eigenvalue weighted by atomic mass is 9.73. The Bertz CT molecular complexity index is 630. The molecule has 1 aromatic rings. The third-order valence-electron chi connectivity index (χ3n) is 6.32. The van der Waals surface area contributed by atoms with Crippen molar-refractivity contribution < 1.29 is 4.79 Å². The lowest BCUT2D eigenvalue weighted by molar-refractivity contribution is -0.122. The standard InChI is InChI=1S/C21H31N3O/c1-23(2)15-20(25)22-19-13-21(18-6-4-3-5-17(18)19)9-11-24(12-10-21)14-16-7-8-16/h3-6,16,19H,7-15H2,1-2H3,(H,22,25). The zero-order valence-electron chi connectivity index (χ0n) is 15.6. The van der Waals surface area contributed by atoms with Crippen molar-refractivity contribution >= 4 is 5.91 Å². The minimum absolute atomic E-state index is 0.132. The highest BCUT2D eigenvalue weighted by atomic mass is 16.2. The van der Waals surface area contributed by atoms with E-state index in [0.717, 1.165) is 12.3 Å². The molecule has 2 aliphatic carbocycles. The maximum Gasteiger partial charge on any atom is 0.234 e. The Morgan fingerprint density at radius 1 is 1.24 bits per heavy atom. The van der Waals surface area contributed by atoms with Crippen LogP contribution in [0.5, 0.6) is 0 Å². The summed E-state index contributed by atoms with van der Waals surface area (Å²) in [5, 5.41) is 3.30. The van der Waals surface area contributed by atoms with Gasteiger partial charge in [0.25, 0.3) is 0 Å². The van der Waals surface area contributed by atoms with Crippen LogP contribution in [0.4, 0.5) is 0 Å². The monoisotopic (exact) mass is 341 g/mol. The summed E-state index contributed by atoms with van der Waals surface area (Å²) in [6.45, 7) is 4.19. The van der Waals surface area contributed by atoms with Crippen LogP contribution < -0.4 is 5.32 Å². The van der Waals surface area contributed by atoms with Gasteiger partial charge in [-0.15, -0.1) is 0 Å². The van der Waals surface area contributed by atoms with Crippen LogP contribution in [0, 0.1) is 5.92 Å². The van der Waals surface area contributed by atoms with Crippen molar-refractivity contribution in [2.24, 2.45) is 5.92 Å². The highest BCUT2D eigenvalue weighted by Gasteiger charge is 2.45. The number of carbonyl (C=O) groups is 1. The maximum absolute atomic E-state index is 12.3. The third-order valence-corrected chi connectivity index (χ3v) is 6.32. The van der Waals surface area contributed by atoms with Crippen LogP contribution in [0.3, 0.4) is 0 Å². The molecule has 0 aromatic heterocycles. The Kier molecular flexibility index (Phi) is 4.59. The molecule has 4 nitrogen and oxygen atoms in total. The van der Waals surface area contributed by atoms with Crippen LogP contribution in [-0.4, -0.2) is 56.0 Å². The number of carbonyl (C=O) groups excluding carboxylic acids is 1. The number of fused-ring (bicyclic) bond motifs is 2. The van der Waals surface area contributed by atoms with E-state index in [1.165, 1.54) is 56.4 Å². The van der Waals surface area contributed by atoms with E-state index in [1.54, 1.807) is 0 Å². The summed E-state index contributed by atoms with van der Waals surface area (Å²) >= 11 is 0. The summed E-state index contributed by atoms with van der Waals surface area (Å²) in [4.78, 5) is 16.9. The minimum atomic E-state index is 0.132. The number of nitrogens with one attached hydrogen (secondary N) is 1. The number of piperidine rings is 1. The quantitative estimate of drug-likeness (QED) is 0.894. The summed E-state index contributed by atoms with van der Waals surface area (Å²) in [6.07, 6.45) is 6.41. The molecule has 1 saturated heterocycles. The second kappa shape index (κ2) is 6.73. The number of nitrogens with zero attached hydrogens (tertiary/aromatic N) is 2. The molecule has 25 heavy (non-hydrogen) atoms. The summed E-state index contributed by atoms with van der Waals surface area (Å²) in [5.74, 6) is 1.11. The number of amides is 1. The molecule has 2 fully saturated rings. The largest absolute Gasteiger partial charge is 0.348 e. The van der Waals surface area contributed by atoms with Crippen molar-refractivity contribution in [3.63, 3.8) is 0 Å². The van der Waals surface area contributed by atoms with Gasteiger partial charge in [0.05, 0.1) is 12.6 Å². The summed E-state index contributed by atoms with van der Waals surface area (Å²) < 4.78 is 0. The average molecular weight is 341 g/mol. The predicted octanol–water partition coefficient (Wildman–Crippen LogP) is 2.55. The van der Waals surface area contributed by atoms with Gasteiger partial charge in [0.1, 0.15) is 0 Å². The van der Waals surface area contributed by atoms with Crippen LogP contribution in [0.2, 0.25) is 0 Å². The first-order chi connectivity index (χ1) is 12.1. The molecule has 1 aliphatic heterocycles. The molecule has 4 rings (SSSR count). The summed E-state index contributed by atoms with van der Waals surface area (Å²) in [7, 11) is 3.89. The highest BCUT2D eigenvalue weighted by Crippen LogP contribution is 2.50. The summed E-state index contributed by atoms with van der Waals surface area (Å²) in [6, 6.07) is 9.00. The van der Waals surface area contributed by atoms with E-state index in [2.05, 4.69) is 34.5 Å². The predicted molar refractivity (Wildman–Crippen MR) is 101 cm³/mol. The molecular weight excluding hydrogens is 310 g/mol.